The van der Waals surface area contributed by atoms with E-state index < -0.39 is 11.7 Å². The molecular formula is C24H28N2O4. The number of para-hydroxylation sites is 1. The Bertz CT molecular complexity index is 1050. The van der Waals surface area contributed by atoms with Gasteiger partial charge in [-0.2, -0.15) is 0 Å². The Balaban J connectivity index is 1.83. The van der Waals surface area contributed by atoms with Crippen LogP contribution in [0.1, 0.15) is 40.3 Å². The fourth-order valence-corrected chi connectivity index (χ4v) is 3.31. The maximum Gasteiger partial charge on any atom is 0.419 e. The van der Waals surface area contributed by atoms with Gasteiger partial charge in [0.25, 0.3) is 0 Å². The number of nitrogens with zero attached hydrogens (tertiary/aromatic N) is 2. The Kier molecular flexibility index (Phi) is 6.15. The van der Waals surface area contributed by atoms with Crippen LogP contribution in [0.25, 0.3) is 10.9 Å². The molecular weight excluding hydrogens is 380 g/mol. The second-order valence-electron chi connectivity index (χ2n) is 8.06. The van der Waals surface area contributed by atoms with E-state index in [0.717, 1.165) is 16.6 Å². The van der Waals surface area contributed by atoms with Crippen molar-refractivity contribution < 1.29 is 19.1 Å². The Labute approximate surface area is 177 Å². The number of anilines is 1. The quantitative estimate of drug-likeness (QED) is 0.569. The van der Waals surface area contributed by atoms with Gasteiger partial charge in [-0.3, -0.25) is 4.79 Å². The van der Waals surface area contributed by atoms with E-state index in [1.807, 2.05) is 82.3 Å². The third kappa shape index (κ3) is 4.82. The summed E-state index contributed by atoms with van der Waals surface area (Å²) in [6.07, 6.45) is -0.433. The minimum atomic E-state index is -0.599. The maximum absolute atomic E-state index is 12.8. The van der Waals surface area contributed by atoms with Gasteiger partial charge in [0, 0.05) is 24.5 Å². The van der Waals surface area contributed by atoms with Crippen LogP contribution in [0.3, 0.4) is 0 Å². The van der Waals surface area contributed by atoms with E-state index in [1.165, 1.54) is 0 Å². The van der Waals surface area contributed by atoms with E-state index in [2.05, 4.69) is 0 Å². The topological polar surface area (TPSA) is 60.8 Å². The van der Waals surface area contributed by atoms with Crippen molar-refractivity contribution in [2.45, 2.75) is 46.8 Å². The minimum Gasteiger partial charge on any atom is -0.487 e. The molecule has 30 heavy (non-hydrogen) atoms. The molecule has 0 saturated carbocycles. The molecule has 3 aromatic rings. The molecule has 0 unspecified atom stereocenters. The van der Waals surface area contributed by atoms with Crippen molar-refractivity contribution in [3.05, 3.63) is 60.3 Å². The van der Waals surface area contributed by atoms with Gasteiger partial charge in [-0.15, -0.1) is 0 Å². The van der Waals surface area contributed by atoms with Gasteiger partial charge in [-0.05, 0) is 64.1 Å². The lowest BCUT2D eigenvalue weighted by Gasteiger charge is -2.21. The molecule has 0 radical (unpaired) electrons. The largest absolute Gasteiger partial charge is 0.487 e. The summed E-state index contributed by atoms with van der Waals surface area (Å²) in [7, 11) is 0. The number of rotatable bonds is 5. The fourth-order valence-electron chi connectivity index (χ4n) is 3.31. The monoisotopic (exact) mass is 408 g/mol. The minimum absolute atomic E-state index is 0.00644. The molecule has 3 rings (SSSR count). The summed E-state index contributed by atoms with van der Waals surface area (Å²) < 4.78 is 13.1. The van der Waals surface area contributed by atoms with Crippen LogP contribution >= 0.6 is 0 Å². The first-order valence-corrected chi connectivity index (χ1v) is 10.0. The fraction of sp³-hybridized carbons (Fsp3) is 0.333. The molecule has 0 aliphatic carbocycles. The summed E-state index contributed by atoms with van der Waals surface area (Å²) in [6, 6.07) is 16.9. The van der Waals surface area contributed by atoms with Crippen LogP contribution in [0.2, 0.25) is 0 Å². The predicted molar refractivity (Wildman–Crippen MR) is 118 cm³/mol. The van der Waals surface area contributed by atoms with Crippen molar-refractivity contribution in [3.63, 3.8) is 0 Å². The lowest BCUT2D eigenvalue weighted by Crippen LogP contribution is -2.28. The second-order valence-corrected chi connectivity index (χ2v) is 8.06. The lowest BCUT2D eigenvalue weighted by atomic mass is 10.2. The van der Waals surface area contributed by atoms with Crippen LogP contribution < -0.4 is 9.64 Å². The first-order chi connectivity index (χ1) is 14.2. The van der Waals surface area contributed by atoms with Gasteiger partial charge in [-0.25, -0.2) is 9.36 Å². The Hall–Kier alpha value is -3.28. The molecule has 2 aromatic carbocycles. The van der Waals surface area contributed by atoms with Gasteiger partial charge in [-0.1, -0.05) is 18.2 Å². The number of aromatic nitrogens is 1. The first-order valence-electron chi connectivity index (χ1n) is 10.0. The number of hydrogen-bond donors (Lipinski definition) is 0. The number of hydrogen-bond acceptors (Lipinski definition) is 4. The van der Waals surface area contributed by atoms with Gasteiger partial charge < -0.3 is 14.4 Å². The summed E-state index contributed by atoms with van der Waals surface area (Å²) in [5, 5.41) is 0.942. The second kappa shape index (κ2) is 8.61. The molecule has 6 heteroatoms. The molecule has 0 aliphatic rings. The Morgan fingerprint density at radius 1 is 1.03 bits per heavy atom. The van der Waals surface area contributed by atoms with Gasteiger partial charge in [0.05, 0.1) is 11.2 Å². The van der Waals surface area contributed by atoms with E-state index in [-0.39, 0.29) is 12.5 Å². The van der Waals surface area contributed by atoms with Gasteiger partial charge in [0.15, 0.2) is 0 Å². The Morgan fingerprint density at radius 3 is 2.30 bits per heavy atom. The molecule has 0 aliphatic heterocycles. The summed E-state index contributed by atoms with van der Waals surface area (Å²) in [4.78, 5) is 26.2. The average molecular weight is 408 g/mol. The first kappa shape index (κ1) is 21.4. The molecule has 0 fully saturated rings. The van der Waals surface area contributed by atoms with Crippen LogP contribution in [0, 0.1) is 0 Å². The number of carbonyl (C=O) groups excluding carboxylic acids is 2. The number of amides is 1. The molecule has 0 saturated heterocycles. The van der Waals surface area contributed by atoms with E-state index >= 15 is 0 Å². The highest BCUT2D eigenvalue weighted by molar-refractivity contribution is 5.92. The van der Waals surface area contributed by atoms with E-state index in [0.29, 0.717) is 18.0 Å². The van der Waals surface area contributed by atoms with Crippen LogP contribution in [0.5, 0.6) is 5.75 Å². The molecule has 1 heterocycles. The van der Waals surface area contributed by atoms with E-state index in [1.54, 1.807) is 16.4 Å². The average Bonchev–Trinajstić information content (AvgIpc) is 3.05. The van der Waals surface area contributed by atoms with Crippen LogP contribution in [-0.2, 0) is 16.1 Å². The molecule has 6 nitrogen and oxygen atoms in total. The zero-order chi connectivity index (χ0) is 21.9. The standard InChI is InChI=1S/C24H28N2O4/c1-6-25(17(2)27)19-11-13-21(14-12-19)29-16-20-15-18-9-7-8-10-22(18)26(20)23(28)30-24(3,4)5/h7-15H,6,16H2,1-5H3. The molecule has 1 aromatic heterocycles. The molecule has 0 atom stereocenters. The Morgan fingerprint density at radius 2 is 1.70 bits per heavy atom. The van der Waals surface area contributed by atoms with E-state index in [9.17, 15) is 9.59 Å². The summed E-state index contributed by atoms with van der Waals surface area (Å²) in [5.74, 6) is 0.646. The third-order valence-electron chi connectivity index (χ3n) is 4.59. The number of carbonyl (C=O) groups is 2. The number of benzene rings is 2. The molecule has 0 spiro atoms. The van der Waals surface area contributed by atoms with Crippen LogP contribution in [-0.4, -0.2) is 28.7 Å². The van der Waals surface area contributed by atoms with Crippen LogP contribution in [0.15, 0.2) is 54.6 Å². The van der Waals surface area contributed by atoms with Crippen molar-refractivity contribution in [3.8, 4) is 5.75 Å². The highest BCUT2D eigenvalue weighted by Crippen LogP contribution is 2.24. The van der Waals surface area contributed by atoms with Crippen molar-refractivity contribution in [2.75, 3.05) is 11.4 Å². The molecule has 1 amide bonds. The summed E-state index contributed by atoms with van der Waals surface area (Å²) in [5.41, 5.74) is 1.70. The van der Waals surface area contributed by atoms with E-state index in [4.69, 9.17) is 9.47 Å². The lowest BCUT2D eigenvalue weighted by molar-refractivity contribution is -0.116. The van der Waals surface area contributed by atoms with Crippen molar-refractivity contribution >= 4 is 28.6 Å². The number of ether oxygens (including phenoxy) is 2. The predicted octanol–water partition coefficient (Wildman–Crippen LogP) is 5.38. The summed E-state index contributed by atoms with van der Waals surface area (Å²) >= 11 is 0. The normalized spacial score (nSPS) is 11.4. The highest BCUT2D eigenvalue weighted by Gasteiger charge is 2.22. The SMILES string of the molecule is CCN(C(C)=O)c1ccc(OCc2cc3ccccc3n2C(=O)OC(C)(C)C)cc1. The maximum atomic E-state index is 12.8. The van der Waals surface area contributed by atoms with Gasteiger partial charge >= 0.3 is 6.09 Å². The number of fused-ring (bicyclic) bond motifs is 1. The summed E-state index contributed by atoms with van der Waals surface area (Å²) in [6.45, 7) is 9.81. The van der Waals surface area contributed by atoms with Crippen molar-refractivity contribution in [2.24, 2.45) is 0 Å². The smallest absolute Gasteiger partial charge is 0.419 e. The zero-order valence-corrected chi connectivity index (χ0v) is 18.1. The zero-order valence-electron chi connectivity index (χ0n) is 18.1. The van der Waals surface area contributed by atoms with Crippen molar-refractivity contribution in [1.82, 2.24) is 4.57 Å². The molecule has 0 bridgehead atoms. The van der Waals surface area contributed by atoms with Crippen LogP contribution in [0.4, 0.5) is 10.5 Å². The third-order valence-corrected chi connectivity index (χ3v) is 4.59. The van der Waals surface area contributed by atoms with Gasteiger partial charge in [0.2, 0.25) is 5.91 Å². The highest BCUT2D eigenvalue weighted by atomic mass is 16.6. The van der Waals surface area contributed by atoms with Gasteiger partial charge in [0.1, 0.15) is 18.0 Å². The van der Waals surface area contributed by atoms with Crippen molar-refractivity contribution in [1.29, 1.82) is 0 Å². The molecule has 158 valence electrons. The molecule has 0 N–H and O–H groups in total.